The summed E-state index contributed by atoms with van der Waals surface area (Å²) in [5.41, 5.74) is 2.86. The third kappa shape index (κ3) is 3.92. The van der Waals surface area contributed by atoms with Crippen LogP contribution in [0.3, 0.4) is 0 Å². The molecule has 1 aliphatic heterocycles. The van der Waals surface area contributed by atoms with Crippen LogP contribution in [0.5, 0.6) is 5.75 Å². The SMILES string of the molecule is CC[C@H](C)Oc1ccccc1C=Nc1sc2c(c1C#N)CCN(C)C2. The molecule has 0 N–H and O–H groups in total. The highest BCUT2D eigenvalue weighted by Gasteiger charge is 2.22. The molecule has 1 atom stereocenters. The van der Waals surface area contributed by atoms with E-state index in [1.54, 1.807) is 11.3 Å². The summed E-state index contributed by atoms with van der Waals surface area (Å²) in [7, 11) is 2.11. The molecule has 0 amide bonds. The normalized spacial score (nSPS) is 15.8. The molecule has 3 rings (SSSR count). The van der Waals surface area contributed by atoms with Crippen LogP contribution in [0.15, 0.2) is 29.3 Å². The molecule has 1 aliphatic rings. The van der Waals surface area contributed by atoms with Gasteiger partial charge in [0.15, 0.2) is 0 Å². The molecule has 0 radical (unpaired) electrons. The molecule has 1 aromatic carbocycles. The predicted octanol–water partition coefficient (Wildman–Crippen LogP) is 4.54. The monoisotopic (exact) mass is 353 g/mol. The van der Waals surface area contributed by atoms with Crippen LogP contribution in [0.4, 0.5) is 5.00 Å². The maximum atomic E-state index is 9.58. The highest BCUT2D eigenvalue weighted by Crippen LogP contribution is 2.38. The lowest BCUT2D eigenvalue weighted by Gasteiger charge is -2.21. The van der Waals surface area contributed by atoms with E-state index in [0.717, 1.165) is 47.8 Å². The smallest absolute Gasteiger partial charge is 0.134 e. The highest BCUT2D eigenvalue weighted by molar-refractivity contribution is 7.16. The maximum Gasteiger partial charge on any atom is 0.134 e. The van der Waals surface area contributed by atoms with Crippen LogP contribution in [0, 0.1) is 11.3 Å². The van der Waals surface area contributed by atoms with Gasteiger partial charge in [-0.25, -0.2) is 4.99 Å². The number of fused-ring (bicyclic) bond motifs is 1. The highest BCUT2D eigenvalue weighted by atomic mass is 32.1. The fraction of sp³-hybridized carbons (Fsp3) is 0.400. The van der Waals surface area contributed by atoms with Crippen molar-refractivity contribution >= 4 is 22.6 Å². The van der Waals surface area contributed by atoms with Gasteiger partial charge in [-0.3, -0.25) is 0 Å². The average Bonchev–Trinajstić information content (AvgIpc) is 2.97. The molecular weight excluding hydrogens is 330 g/mol. The lowest BCUT2D eigenvalue weighted by atomic mass is 10.0. The first kappa shape index (κ1) is 17.7. The van der Waals surface area contributed by atoms with E-state index in [1.165, 1.54) is 10.4 Å². The molecule has 2 aromatic rings. The van der Waals surface area contributed by atoms with Gasteiger partial charge >= 0.3 is 0 Å². The number of nitriles is 1. The molecule has 0 saturated carbocycles. The Morgan fingerprint density at radius 2 is 2.24 bits per heavy atom. The summed E-state index contributed by atoms with van der Waals surface area (Å²) >= 11 is 1.63. The van der Waals surface area contributed by atoms with Gasteiger partial charge in [0, 0.05) is 29.7 Å². The number of rotatable bonds is 5. The molecule has 0 spiro atoms. The van der Waals surface area contributed by atoms with Gasteiger partial charge in [-0.1, -0.05) is 19.1 Å². The summed E-state index contributed by atoms with van der Waals surface area (Å²) in [6, 6.07) is 10.3. The second-order valence-corrected chi connectivity index (χ2v) is 7.50. The number of thiophene rings is 1. The number of hydrogen-bond donors (Lipinski definition) is 0. The standard InChI is InChI=1S/C20H23N3OS/c1-4-14(2)24-18-8-6-5-7-15(18)12-22-20-17(11-21)16-9-10-23(3)13-19(16)25-20/h5-8,12,14H,4,9-10,13H2,1-3H3/t14-/m0/s1. The quantitative estimate of drug-likeness (QED) is 0.742. The van der Waals surface area contributed by atoms with E-state index in [-0.39, 0.29) is 6.10 Å². The van der Waals surface area contributed by atoms with Gasteiger partial charge in [0.05, 0.1) is 11.7 Å². The van der Waals surface area contributed by atoms with Gasteiger partial charge < -0.3 is 9.64 Å². The molecule has 2 heterocycles. The number of benzene rings is 1. The number of aliphatic imine (C=N–C) groups is 1. The Bertz CT molecular complexity index is 819. The number of nitrogens with zero attached hydrogens (tertiary/aromatic N) is 3. The van der Waals surface area contributed by atoms with Crippen molar-refractivity contribution in [3.05, 3.63) is 45.8 Å². The zero-order chi connectivity index (χ0) is 17.8. The first-order valence-electron chi connectivity index (χ1n) is 8.65. The number of para-hydroxylation sites is 1. The van der Waals surface area contributed by atoms with Crippen molar-refractivity contribution in [2.45, 2.75) is 39.3 Å². The van der Waals surface area contributed by atoms with E-state index >= 15 is 0 Å². The Morgan fingerprint density at radius 1 is 1.44 bits per heavy atom. The van der Waals surface area contributed by atoms with E-state index in [4.69, 9.17) is 4.74 Å². The van der Waals surface area contributed by atoms with E-state index in [9.17, 15) is 5.26 Å². The molecule has 0 saturated heterocycles. The van der Waals surface area contributed by atoms with Gasteiger partial charge in [-0.15, -0.1) is 11.3 Å². The molecule has 0 aliphatic carbocycles. The Kier molecular flexibility index (Phi) is 5.52. The molecule has 5 heteroatoms. The minimum Gasteiger partial charge on any atom is -0.490 e. The predicted molar refractivity (Wildman–Crippen MR) is 103 cm³/mol. The fourth-order valence-electron chi connectivity index (χ4n) is 2.85. The van der Waals surface area contributed by atoms with E-state index in [2.05, 4.69) is 36.9 Å². The third-order valence-electron chi connectivity index (χ3n) is 4.48. The molecule has 130 valence electrons. The van der Waals surface area contributed by atoms with Crippen LogP contribution in [0.1, 0.15) is 41.8 Å². The van der Waals surface area contributed by atoms with Gasteiger partial charge in [-0.2, -0.15) is 5.26 Å². The van der Waals surface area contributed by atoms with E-state index in [0.29, 0.717) is 0 Å². The van der Waals surface area contributed by atoms with Gasteiger partial charge in [0.25, 0.3) is 0 Å². The van der Waals surface area contributed by atoms with Crippen LogP contribution >= 0.6 is 11.3 Å². The summed E-state index contributed by atoms with van der Waals surface area (Å²) in [6.07, 6.45) is 3.86. The van der Waals surface area contributed by atoms with Crippen molar-refractivity contribution in [3.8, 4) is 11.8 Å². The first-order valence-corrected chi connectivity index (χ1v) is 9.47. The van der Waals surface area contributed by atoms with Crippen molar-refractivity contribution in [2.75, 3.05) is 13.6 Å². The molecule has 0 unspecified atom stereocenters. The molecule has 1 aromatic heterocycles. The molecule has 0 bridgehead atoms. The molecule has 25 heavy (non-hydrogen) atoms. The Morgan fingerprint density at radius 3 is 3.00 bits per heavy atom. The van der Waals surface area contributed by atoms with Crippen LogP contribution in [0.25, 0.3) is 0 Å². The van der Waals surface area contributed by atoms with Crippen molar-refractivity contribution < 1.29 is 4.74 Å². The molecule has 4 nitrogen and oxygen atoms in total. The van der Waals surface area contributed by atoms with Crippen molar-refractivity contribution in [3.63, 3.8) is 0 Å². The van der Waals surface area contributed by atoms with Crippen LogP contribution < -0.4 is 4.74 Å². The van der Waals surface area contributed by atoms with Gasteiger partial charge in [0.2, 0.25) is 0 Å². The van der Waals surface area contributed by atoms with Gasteiger partial charge in [0.1, 0.15) is 16.8 Å². The topological polar surface area (TPSA) is 48.6 Å². The van der Waals surface area contributed by atoms with E-state index < -0.39 is 0 Å². The summed E-state index contributed by atoms with van der Waals surface area (Å²) in [5.74, 6) is 0.833. The fourth-order valence-corrected chi connectivity index (χ4v) is 4.07. The van der Waals surface area contributed by atoms with Crippen LogP contribution in [-0.4, -0.2) is 30.8 Å². The molecular formula is C20H23N3OS. The first-order chi connectivity index (χ1) is 12.1. The molecule has 0 fully saturated rings. The lowest BCUT2D eigenvalue weighted by Crippen LogP contribution is -2.25. The van der Waals surface area contributed by atoms with Crippen LogP contribution in [-0.2, 0) is 13.0 Å². The number of ether oxygens (including phenoxy) is 1. The second kappa shape index (κ2) is 7.81. The number of hydrogen-bond acceptors (Lipinski definition) is 5. The minimum atomic E-state index is 0.161. The van der Waals surface area contributed by atoms with Crippen molar-refractivity contribution in [1.82, 2.24) is 4.90 Å². The maximum absolute atomic E-state index is 9.58. The van der Waals surface area contributed by atoms with Crippen molar-refractivity contribution in [1.29, 1.82) is 5.26 Å². The zero-order valence-electron chi connectivity index (χ0n) is 15.0. The Hall–Kier alpha value is -2.16. The summed E-state index contributed by atoms with van der Waals surface area (Å²) < 4.78 is 5.98. The summed E-state index contributed by atoms with van der Waals surface area (Å²) in [4.78, 5) is 8.19. The minimum absolute atomic E-state index is 0.161. The van der Waals surface area contributed by atoms with Crippen LogP contribution in [0.2, 0.25) is 0 Å². The second-order valence-electron chi connectivity index (χ2n) is 6.42. The Balaban J connectivity index is 1.90. The average molecular weight is 353 g/mol. The lowest BCUT2D eigenvalue weighted by molar-refractivity contribution is 0.217. The Labute approximate surface area is 153 Å². The third-order valence-corrected chi connectivity index (χ3v) is 5.61. The largest absolute Gasteiger partial charge is 0.490 e. The summed E-state index contributed by atoms with van der Waals surface area (Å²) in [6.45, 7) is 6.06. The zero-order valence-corrected chi connectivity index (χ0v) is 15.8. The van der Waals surface area contributed by atoms with Gasteiger partial charge in [-0.05, 0) is 44.5 Å². The number of likely N-dealkylation sites (N-methyl/N-ethyl adjacent to an activating group) is 1. The van der Waals surface area contributed by atoms with E-state index in [1.807, 2.05) is 30.5 Å². The summed E-state index contributed by atoms with van der Waals surface area (Å²) in [5, 5.41) is 10.4. The van der Waals surface area contributed by atoms with Crippen molar-refractivity contribution in [2.24, 2.45) is 4.99 Å².